The zero-order chi connectivity index (χ0) is 18.0. The lowest BCUT2D eigenvalue weighted by Gasteiger charge is -2.09. The molecule has 0 bridgehead atoms. The number of H-pyrrole nitrogens is 1. The van der Waals surface area contributed by atoms with Crippen LogP contribution in [0.1, 0.15) is 28.7 Å². The van der Waals surface area contributed by atoms with Gasteiger partial charge in [0.2, 0.25) is 5.95 Å². The molecule has 0 spiro atoms. The van der Waals surface area contributed by atoms with Gasteiger partial charge in [0, 0.05) is 23.4 Å². The molecule has 3 aromatic rings. The summed E-state index contributed by atoms with van der Waals surface area (Å²) >= 11 is 0. The Kier molecular flexibility index (Phi) is 4.42. The summed E-state index contributed by atoms with van der Waals surface area (Å²) in [5, 5.41) is 6.97. The van der Waals surface area contributed by atoms with E-state index in [1.54, 1.807) is 13.0 Å². The van der Waals surface area contributed by atoms with Gasteiger partial charge in [-0.3, -0.25) is 14.6 Å². The number of benzene rings is 1. The number of nitrogens with one attached hydrogen (secondary N) is 2. The number of anilines is 1. The first-order chi connectivity index (χ1) is 12.0. The molecule has 1 amide bonds. The first-order valence-electron chi connectivity index (χ1n) is 7.70. The van der Waals surface area contributed by atoms with Crippen LogP contribution in [0.2, 0.25) is 0 Å². The third-order valence-corrected chi connectivity index (χ3v) is 3.52. The minimum Gasteiger partial charge on any atom is -0.306 e. The molecule has 0 fully saturated rings. The van der Waals surface area contributed by atoms with Crippen molar-refractivity contribution in [2.75, 3.05) is 5.32 Å². The number of hydrogen-bond donors (Lipinski definition) is 2. The maximum absolute atomic E-state index is 13.0. The van der Waals surface area contributed by atoms with Crippen molar-refractivity contribution in [3.05, 3.63) is 69.5 Å². The zero-order valence-corrected chi connectivity index (χ0v) is 13.7. The van der Waals surface area contributed by atoms with Crippen molar-refractivity contribution in [3.8, 4) is 5.95 Å². The van der Waals surface area contributed by atoms with E-state index in [2.05, 4.69) is 20.4 Å². The predicted molar refractivity (Wildman–Crippen MR) is 90.4 cm³/mol. The lowest BCUT2D eigenvalue weighted by Crippen LogP contribution is -2.19. The molecule has 8 heteroatoms. The van der Waals surface area contributed by atoms with Crippen LogP contribution in [0.25, 0.3) is 5.95 Å². The maximum atomic E-state index is 13.0. The van der Waals surface area contributed by atoms with Crippen LogP contribution in [0, 0.1) is 12.7 Å². The SMILES string of the molecule is CCc1cc(=O)[nH]c(-n2nc(C)cc2NC(=O)c2ccc(F)cc2)n1. The standard InChI is InChI=1S/C17H16FN5O2/c1-3-13-9-15(24)21-17(19-13)23-14(8-10(2)22-23)20-16(25)11-4-6-12(18)7-5-11/h4-9H,3H2,1-2H3,(H,20,25)(H,19,21,24). The van der Waals surface area contributed by atoms with Crippen LogP contribution in [0.3, 0.4) is 0 Å². The van der Waals surface area contributed by atoms with Gasteiger partial charge in [0.1, 0.15) is 11.6 Å². The molecular formula is C17H16FN5O2. The van der Waals surface area contributed by atoms with Crippen molar-refractivity contribution in [2.24, 2.45) is 0 Å². The van der Waals surface area contributed by atoms with Gasteiger partial charge in [-0.2, -0.15) is 9.78 Å². The molecule has 0 radical (unpaired) electrons. The largest absolute Gasteiger partial charge is 0.306 e. The topological polar surface area (TPSA) is 92.7 Å². The summed E-state index contributed by atoms with van der Waals surface area (Å²) in [5.41, 5.74) is 1.25. The van der Waals surface area contributed by atoms with E-state index in [9.17, 15) is 14.0 Å². The van der Waals surface area contributed by atoms with E-state index < -0.39 is 11.7 Å². The highest BCUT2D eigenvalue weighted by Gasteiger charge is 2.14. The second kappa shape index (κ2) is 6.68. The molecule has 2 heterocycles. The number of hydrogen-bond acceptors (Lipinski definition) is 4. The van der Waals surface area contributed by atoms with Crippen LogP contribution in [0.4, 0.5) is 10.2 Å². The first-order valence-corrected chi connectivity index (χ1v) is 7.70. The summed E-state index contributed by atoms with van der Waals surface area (Å²) in [4.78, 5) is 31.1. The quantitative estimate of drug-likeness (QED) is 0.761. The van der Waals surface area contributed by atoms with E-state index in [0.717, 1.165) is 0 Å². The van der Waals surface area contributed by atoms with E-state index in [1.807, 2.05) is 6.92 Å². The molecule has 0 aliphatic rings. The fraction of sp³-hybridized carbons (Fsp3) is 0.176. The molecular weight excluding hydrogens is 325 g/mol. The monoisotopic (exact) mass is 341 g/mol. The molecule has 2 N–H and O–H groups in total. The van der Waals surface area contributed by atoms with E-state index in [4.69, 9.17) is 0 Å². The minimum atomic E-state index is -0.421. The fourth-order valence-electron chi connectivity index (χ4n) is 2.31. The number of carbonyl (C=O) groups is 1. The molecule has 0 aliphatic heterocycles. The van der Waals surface area contributed by atoms with Gasteiger partial charge in [0.15, 0.2) is 0 Å². The van der Waals surface area contributed by atoms with Crippen molar-refractivity contribution in [1.29, 1.82) is 0 Å². The third-order valence-electron chi connectivity index (χ3n) is 3.52. The summed E-state index contributed by atoms with van der Waals surface area (Å²) in [7, 11) is 0. The number of halogens is 1. The van der Waals surface area contributed by atoms with Crippen molar-refractivity contribution < 1.29 is 9.18 Å². The Bertz CT molecular complexity index is 975. The van der Waals surface area contributed by atoms with Crippen molar-refractivity contribution in [1.82, 2.24) is 19.7 Å². The second-order valence-corrected chi connectivity index (χ2v) is 5.46. The highest BCUT2D eigenvalue weighted by Crippen LogP contribution is 2.15. The normalized spacial score (nSPS) is 10.7. The molecule has 0 unspecified atom stereocenters. The molecule has 128 valence electrons. The van der Waals surface area contributed by atoms with Crippen molar-refractivity contribution in [3.63, 3.8) is 0 Å². The highest BCUT2D eigenvalue weighted by molar-refractivity contribution is 6.03. The number of aromatic amines is 1. The van der Waals surface area contributed by atoms with E-state index in [1.165, 1.54) is 35.0 Å². The first kappa shape index (κ1) is 16.6. The molecule has 3 rings (SSSR count). The summed E-state index contributed by atoms with van der Waals surface area (Å²) in [6.45, 7) is 3.64. The lowest BCUT2D eigenvalue weighted by molar-refractivity contribution is 0.102. The highest BCUT2D eigenvalue weighted by atomic mass is 19.1. The lowest BCUT2D eigenvalue weighted by atomic mass is 10.2. The number of rotatable bonds is 4. The average molecular weight is 341 g/mol. The molecule has 7 nitrogen and oxygen atoms in total. The molecule has 0 atom stereocenters. The van der Waals surface area contributed by atoms with Crippen LogP contribution in [-0.2, 0) is 6.42 Å². The van der Waals surface area contributed by atoms with Crippen LogP contribution >= 0.6 is 0 Å². The molecule has 0 aliphatic carbocycles. The minimum absolute atomic E-state index is 0.215. The molecule has 2 aromatic heterocycles. The Morgan fingerprint density at radius 1 is 1.28 bits per heavy atom. The molecule has 1 aromatic carbocycles. The van der Waals surface area contributed by atoms with Gasteiger partial charge in [-0.1, -0.05) is 6.92 Å². The van der Waals surface area contributed by atoms with Crippen LogP contribution in [0.15, 0.2) is 41.2 Å². The number of nitrogens with zero attached hydrogens (tertiary/aromatic N) is 3. The zero-order valence-electron chi connectivity index (χ0n) is 13.7. The Morgan fingerprint density at radius 2 is 2.00 bits per heavy atom. The summed E-state index contributed by atoms with van der Waals surface area (Å²) < 4.78 is 14.3. The van der Waals surface area contributed by atoms with Gasteiger partial charge in [0.25, 0.3) is 11.5 Å². The van der Waals surface area contributed by atoms with Crippen LogP contribution in [-0.4, -0.2) is 25.7 Å². The van der Waals surface area contributed by atoms with Gasteiger partial charge >= 0.3 is 0 Å². The number of aryl methyl sites for hydroxylation is 2. The Labute approximate surface area is 142 Å². The number of amides is 1. The average Bonchev–Trinajstić information content (AvgIpc) is 2.95. The Morgan fingerprint density at radius 3 is 2.68 bits per heavy atom. The number of carbonyl (C=O) groups excluding carboxylic acids is 1. The van der Waals surface area contributed by atoms with E-state index in [-0.39, 0.29) is 11.5 Å². The van der Waals surface area contributed by atoms with E-state index in [0.29, 0.717) is 29.2 Å². The predicted octanol–water partition coefficient (Wildman–Crippen LogP) is 2.22. The Hall–Kier alpha value is -3.29. The maximum Gasteiger partial charge on any atom is 0.256 e. The van der Waals surface area contributed by atoms with E-state index >= 15 is 0 Å². The summed E-state index contributed by atoms with van der Waals surface area (Å²) in [6, 6.07) is 8.26. The van der Waals surface area contributed by atoms with Gasteiger partial charge in [-0.15, -0.1) is 0 Å². The van der Waals surface area contributed by atoms with Gasteiger partial charge in [-0.05, 0) is 37.6 Å². The van der Waals surface area contributed by atoms with Gasteiger partial charge in [-0.25, -0.2) is 9.37 Å². The van der Waals surface area contributed by atoms with Gasteiger partial charge < -0.3 is 5.32 Å². The van der Waals surface area contributed by atoms with Crippen LogP contribution in [0.5, 0.6) is 0 Å². The molecule has 0 saturated carbocycles. The summed E-state index contributed by atoms with van der Waals surface area (Å²) in [5.74, 6) is -0.277. The molecule has 25 heavy (non-hydrogen) atoms. The van der Waals surface area contributed by atoms with Gasteiger partial charge in [0.05, 0.1) is 5.69 Å². The number of aromatic nitrogens is 4. The summed E-state index contributed by atoms with van der Waals surface area (Å²) in [6.07, 6.45) is 0.592. The second-order valence-electron chi connectivity index (χ2n) is 5.46. The van der Waals surface area contributed by atoms with Crippen LogP contribution < -0.4 is 10.9 Å². The van der Waals surface area contributed by atoms with Crippen molar-refractivity contribution >= 4 is 11.7 Å². The fourth-order valence-corrected chi connectivity index (χ4v) is 2.31. The molecule has 0 saturated heterocycles. The third kappa shape index (κ3) is 3.63. The van der Waals surface area contributed by atoms with Crippen molar-refractivity contribution in [2.45, 2.75) is 20.3 Å². The Balaban J connectivity index is 1.96. The smallest absolute Gasteiger partial charge is 0.256 e.